The van der Waals surface area contributed by atoms with Gasteiger partial charge in [-0.3, -0.25) is 0 Å². The lowest BCUT2D eigenvalue weighted by molar-refractivity contribution is 0.317. The summed E-state index contributed by atoms with van der Waals surface area (Å²) in [6.07, 6.45) is 0. The number of para-hydroxylation sites is 1. The molecule has 108 valence electrons. The highest BCUT2D eigenvalue weighted by Crippen LogP contribution is 2.30. The third-order valence-corrected chi connectivity index (χ3v) is 3.28. The standard InChI is InChI=1S/C16H15ClN2O2/c1-2-21-15-5-3-4-11(16(15)20)10-19-13-6-7-14(17)12(8-13)9-18/h3-8,19-20H,2,10H2,1H3. The first-order chi connectivity index (χ1) is 10.2. The molecule has 0 fully saturated rings. The van der Waals surface area contributed by atoms with E-state index in [1.54, 1.807) is 24.3 Å². The Kier molecular flexibility index (Phi) is 4.91. The van der Waals surface area contributed by atoms with Crippen LogP contribution in [-0.4, -0.2) is 11.7 Å². The lowest BCUT2D eigenvalue weighted by Crippen LogP contribution is -2.01. The lowest BCUT2D eigenvalue weighted by atomic mass is 10.1. The highest BCUT2D eigenvalue weighted by molar-refractivity contribution is 6.31. The zero-order valence-corrected chi connectivity index (χ0v) is 12.3. The number of halogens is 1. The minimum Gasteiger partial charge on any atom is -0.504 e. The number of ether oxygens (including phenoxy) is 1. The maximum absolute atomic E-state index is 10.1. The van der Waals surface area contributed by atoms with E-state index in [4.69, 9.17) is 21.6 Å². The smallest absolute Gasteiger partial charge is 0.162 e. The van der Waals surface area contributed by atoms with Crippen molar-refractivity contribution in [2.24, 2.45) is 0 Å². The highest BCUT2D eigenvalue weighted by atomic mass is 35.5. The third kappa shape index (κ3) is 3.59. The van der Waals surface area contributed by atoms with E-state index in [1.807, 2.05) is 25.1 Å². The van der Waals surface area contributed by atoms with E-state index in [2.05, 4.69) is 5.32 Å². The van der Waals surface area contributed by atoms with Crippen molar-refractivity contribution >= 4 is 17.3 Å². The van der Waals surface area contributed by atoms with E-state index < -0.39 is 0 Å². The van der Waals surface area contributed by atoms with E-state index in [-0.39, 0.29) is 5.75 Å². The summed E-state index contributed by atoms with van der Waals surface area (Å²) < 4.78 is 5.34. The topological polar surface area (TPSA) is 65.3 Å². The van der Waals surface area contributed by atoms with Crippen molar-refractivity contribution in [3.8, 4) is 17.6 Å². The Morgan fingerprint density at radius 3 is 2.86 bits per heavy atom. The fourth-order valence-electron chi connectivity index (χ4n) is 1.90. The second-order valence-electron chi connectivity index (χ2n) is 4.36. The predicted molar refractivity (Wildman–Crippen MR) is 82.8 cm³/mol. The number of hydrogen-bond acceptors (Lipinski definition) is 4. The molecule has 5 heteroatoms. The van der Waals surface area contributed by atoms with Gasteiger partial charge in [-0.15, -0.1) is 0 Å². The number of nitrogens with zero attached hydrogens (tertiary/aromatic N) is 1. The van der Waals surface area contributed by atoms with Crippen LogP contribution in [0.25, 0.3) is 0 Å². The number of hydrogen-bond donors (Lipinski definition) is 2. The fraction of sp³-hybridized carbons (Fsp3) is 0.188. The first-order valence-corrected chi connectivity index (χ1v) is 6.90. The molecule has 0 aliphatic rings. The van der Waals surface area contributed by atoms with Gasteiger partial charge < -0.3 is 15.2 Å². The molecular weight excluding hydrogens is 288 g/mol. The van der Waals surface area contributed by atoms with Crippen LogP contribution < -0.4 is 10.1 Å². The van der Waals surface area contributed by atoms with Crippen LogP contribution in [0, 0.1) is 11.3 Å². The molecule has 0 atom stereocenters. The minimum atomic E-state index is 0.126. The lowest BCUT2D eigenvalue weighted by Gasteiger charge is -2.12. The zero-order valence-electron chi connectivity index (χ0n) is 11.6. The number of phenolic OH excluding ortho intramolecular Hbond substituents is 1. The van der Waals surface area contributed by atoms with E-state index in [0.29, 0.717) is 29.5 Å². The van der Waals surface area contributed by atoms with Gasteiger partial charge in [0.1, 0.15) is 6.07 Å². The molecule has 0 saturated heterocycles. The monoisotopic (exact) mass is 302 g/mol. The molecule has 2 N–H and O–H groups in total. The summed E-state index contributed by atoms with van der Waals surface area (Å²) in [5.41, 5.74) is 1.89. The van der Waals surface area contributed by atoms with Crippen LogP contribution in [0.3, 0.4) is 0 Å². The van der Waals surface area contributed by atoms with Gasteiger partial charge in [0.05, 0.1) is 17.2 Å². The normalized spacial score (nSPS) is 9.95. The van der Waals surface area contributed by atoms with Crippen LogP contribution in [-0.2, 0) is 6.54 Å². The van der Waals surface area contributed by atoms with Crippen molar-refractivity contribution in [3.05, 3.63) is 52.5 Å². The molecular formula is C16H15ClN2O2. The Hall–Kier alpha value is -2.38. The molecule has 4 nitrogen and oxygen atoms in total. The van der Waals surface area contributed by atoms with E-state index in [0.717, 1.165) is 11.3 Å². The molecule has 0 aliphatic carbocycles. The summed E-state index contributed by atoms with van der Waals surface area (Å²) in [5, 5.41) is 22.6. The molecule has 2 aromatic carbocycles. The van der Waals surface area contributed by atoms with Gasteiger partial charge in [0.2, 0.25) is 0 Å². The number of nitrogens with one attached hydrogen (secondary N) is 1. The molecule has 0 radical (unpaired) electrons. The molecule has 0 unspecified atom stereocenters. The average Bonchev–Trinajstić information content (AvgIpc) is 2.49. The summed E-state index contributed by atoms with van der Waals surface area (Å²) in [4.78, 5) is 0. The molecule has 0 spiro atoms. The number of nitriles is 1. The molecule has 0 saturated carbocycles. The summed E-state index contributed by atoms with van der Waals surface area (Å²) in [6.45, 7) is 2.77. The second kappa shape index (κ2) is 6.87. The number of anilines is 1. The quantitative estimate of drug-likeness (QED) is 0.878. The highest BCUT2D eigenvalue weighted by Gasteiger charge is 2.08. The predicted octanol–water partition coefficient (Wildman–Crippen LogP) is 3.93. The molecule has 0 amide bonds. The van der Waals surface area contributed by atoms with Crippen LogP contribution in [0.5, 0.6) is 11.5 Å². The van der Waals surface area contributed by atoms with E-state index >= 15 is 0 Å². The second-order valence-corrected chi connectivity index (χ2v) is 4.76. The Morgan fingerprint density at radius 1 is 1.33 bits per heavy atom. The maximum atomic E-state index is 10.1. The summed E-state index contributed by atoms with van der Waals surface area (Å²) >= 11 is 5.89. The molecule has 0 aliphatic heterocycles. The number of phenols is 1. The van der Waals surface area contributed by atoms with Crippen molar-refractivity contribution in [1.29, 1.82) is 5.26 Å². The molecule has 2 rings (SSSR count). The largest absolute Gasteiger partial charge is 0.504 e. The minimum absolute atomic E-state index is 0.126. The Labute approximate surface area is 128 Å². The summed E-state index contributed by atoms with van der Waals surface area (Å²) in [6, 6.07) is 12.5. The average molecular weight is 303 g/mol. The molecule has 0 heterocycles. The number of aromatic hydroxyl groups is 1. The maximum Gasteiger partial charge on any atom is 0.162 e. The van der Waals surface area contributed by atoms with Crippen molar-refractivity contribution < 1.29 is 9.84 Å². The number of benzene rings is 2. The summed E-state index contributed by atoms with van der Waals surface area (Å²) in [5.74, 6) is 0.590. The van der Waals surface area contributed by atoms with Crippen molar-refractivity contribution in [2.45, 2.75) is 13.5 Å². The Bertz CT molecular complexity index is 680. The fourth-order valence-corrected chi connectivity index (χ4v) is 2.06. The van der Waals surface area contributed by atoms with Gasteiger partial charge in [-0.1, -0.05) is 23.7 Å². The van der Waals surface area contributed by atoms with Crippen LogP contribution in [0.15, 0.2) is 36.4 Å². The van der Waals surface area contributed by atoms with Gasteiger partial charge in [0.15, 0.2) is 11.5 Å². The van der Waals surface area contributed by atoms with Crippen molar-refractivity contribution in [2.75, 3.05) is 11.9 Å². The van der Waals surface area contributed by atoms with Crippen molar-refractivity contribution in [1.82, 2.24) is 0 Å². The van der Waals surface area contributed by atoms with Crippen LogP contribution in [0.2, 0.25) is 5.02 Å². The Morgan fingerprint density at radius 2 is 2.14 bits per heavy atom. The summed E-state index contributed by atoms with van der Waals surface area (Å²) in [7, 11) is 0. The van der Waals surface area contributed by atoms with Gasteiger partial charge in [0, 0.05) is 17.8 Å². The first-order valence-electron chi connectivity index (χ1n) is 6.53. The SMILES string of the molecule is CCOc1cccc(CNc2ccc(Cl)c(C#N)c2)c1O. The Balaban J connectivity index is 2.13. The molecule has 2 aromatic rings. The van der Waals surface area contributed by atoms with Crippen LogP contribution >= 0.6 is 11.6 Å². The van der Waals surface area contributed by atoms with Crippen LogP contribution in [0.1, 0.15) is 18.1 Å². The third-order valence-electron chi connectivity index (χ3n) is 2.95. The zero-order chi connectivity index (χ0) is 15.2. The van der Waals surface area contributed by atoms with Gasteiger partial charge >= 0.3 is 0 Å². The van der Waals surface area contributed by atoms with E-state index in [9.17, 15) is 5.11 Å². The first kappa shape index (κ1) is 15.0. The number of rotatable bonds is 5. The van der Waals surface area contributed by atoms with Gasteiger partial charge in [-0.05, 0) is 31.2 Å². The molecule has 0 bridgehead atoms. The van der Waals surface area contributed by atoms with Gasteiger partial charge in [-0.25, -0.2) is 0 Å². The van der Waals surface area contributed by atoms with Gasteiger partial charge in [0.25, 0.3) is 0 Å². The van der Waals surface area contributed by atoms with Gasteiger partial charge in [-0.2, -0.15) is 5.26 Å². The van der Waals surface area contributed by atoms with Crippen molar-refractivity contribution in [3.63, 3.8) is 0 Å². The van der Waals surface area contributed by atoms with E-state index in [1.165, 1.54) is 0 Å². The van der Waals surface area contributed by atoms with Crippen LogP contribution in [0.4, 0.5) is 5.69 Å². The molecule has 0 aromatic heterocycles. The molecule has 21 heavy (non-hydrogen) atoms.